The van der Waals surface area contributed by atoms with Crippen LogP contribution in [0.3, 0.4) is 0 Å². The number of hydrogen-bond acceptors (Lipinski definition) is 4. The molecule has 2 rings (SSSR count). The molecule has 174 valence electrons. The first kappa shape index (κ1) is 25.2. The maximum absolute atomic E-state index is 13.3. The lowest BCUT2D eigenvalue weighted by Crippen LogP contribution is -2.48. The highest BCUT2D eigenvalue weighted by atomic mass is 16.6. The Morgan fingerprint density at radius 2 is 1.30 bits per heavy atom. The van der Waals surface area contributed by atoms with Crippen molar-refractivity contribution >= 4 is 11.9 Å². The van der Waals surface area contributed by atoms with Crippen molar-refractivity contribution in [1.29, 1.82) is 0 Å². The summed E-state index contributed by atoms with van der Waals surface area (Å²) in [5.41, 5.74) is -1.34. The van der Waals surface area contributed by atoms with Gasteiger partial charge in [0.15, 0.2) is 0 Å². The van der Waals surface area contributed by atoms with E-state index in [0.717, 1.165) is 51.4 Å². The van der Waals surface area contributed by atoms with E-state index in [0.29, 0.717) is 18.3 Å². The molecule has 2 saturated carbocycles. The molecule has 0 aromatic carbocycles. The summed E-state index contributed by atoms with van der Waals surface area (Å²) in [7, 11) is 0. The lowest BCUT2D eigenvalue weighted by Gasteiger charge is -2.46. The highest BCUT2D eigenvalue weighted by Crippen LogP contribution is 2.48. The predicted molar refractivity (Wildman–Crippen MR) is 121 cm³/mol. The second-order valence-electron chi connectivity index (χ2n) is 10.9. The zero-order chi connectivity index (χ0) is 22.6. The molecular formula is C26H46O4. The molecule has 0 aliphatic heterocycles. The largest absolute Gasteiger partial charge is 0.459 e. The van der Waals surface area contributed by atoms with E-state index in [9.17, 15) is 9.59 Å². The first-order chi connectivity index (χ1) is 14.0. The monoisotopic (exact) mass is 422 g/mol. The number of rotatable bonds is 9. The third-order valence-corrected chi connectivity index (χ3v) is 8.46. The smallest absolute Gasteiger partial charge is 0.312 e. The molecule has 0 N–H and O–H groups in total. The lowest BCUT2D eigenvalue weighted by atomic mass is 9.63. The van der Waals surface area contributed by atoms with Gasteiger partial charge in [-0.2, -0.15) is 0 Å². The van der Waals surface area contributed by atoms with Crippen LogP contribution < -0.4 is 0 Å². The summed E-state index contributed by atoms with van der Waals surface area (Å²) >= 11 is 0. The summed E-state index contributed by atoms with van der Waals surface area (Å²) in [5, 5.41) is 0. The van der Waals surface area contributed by atoms with Crippen LogP contribution in [0.4, 0.5) is 0 Å². The van der Waals surface area contributed by atoms with E-state index in [-0.39, 0.29) is 17.9 Å². The molecule has 0 aromatic rings. The third kappa shape index (κ3) is 5.40. The minimum absolute atomic E-state index is 0.0609. The van der Waals surface area contributed by atoms with E-state index in [4.69, 9.17) is 9.47 Å². The number of esters is 2. The topological polar surface area (TPSA) is 52.6 Å². The fraction of sp³-hybridized carbons (Fsp3) is 0.923. The van der Waals surface area contributed by atoms with E-state index >= 15 is 0 Å². The van der Waals surface area contributed by atoms with Gasteiger partial charge in [0.25, 0.3) is 0 Å². The second kappa shape index (κ2) is 10.0. The second-order valence-corrected chi connectivity index (χ2v) is 10.9. The van der Waals surface area contributed by atoms with E-state index in [2.05, 4.69) is 41.5 Å². The Kier molecular flexibility index (Phi) is 8.43. The average Bonchev–Trinajstić information content (AvgIpc) is 3.27. The van der Waals surface area contributed by atoms with Crippen molar-refractivity contribution in [2.24, 2.45) is 23.2 Å². The Morgan fingerprint density at radius 3 is 1.83 bits per heavy atom. The van der Waals surface area contributed by atoms with E-state index in [1.165, 1.54) is 12.8 Å². The zero-order valence-electron chi connectivity index (χ0n) is 20.6. The molecule has 2 unspecified atom stereocenters. The molecule has 0 heterocycles. The highest BCUT2D eigenvalue weighted by Gasteiger charge is 2.48. The van der Waals surface area contributed by atoms with Gasteiger partial charge < -0.3 is 9.47 Å². The maximum Gasteiger partial charge on any atom is 0.312 e. The number of carbonyl (C=O) groups is 2. The fourth-order valence-corrected chi connectivity index (χ4v) is 5.92. The van der Waals surface area contributed by atoms with Gasteiger partial charge in [0.05, 0.1) is 5.41 Å². The quantitative estimate of drug-likeness (QED) is 0.382. The summed E-state index contributed by atoms with van der Waals surface area (Å²) in [5.74, 6) is 0.849. The van der Waals surface area contributed by atoms with Gasteiger partial charge in [-0.15, -0.1) is 0 Å². The first-order valence-corrected chi connectivity index (χ1v) is 12.5. The Morgan fingerprint density at radius 1 is 0.767 bits per heavy atom. The van der Waals surface area contributed by atoms with Gasteiger partial charge >= 0.3 is 11.9 Å². The van der Waals surface area contributed by atoms with Crippen molar-refractivity contribution < 1.29 is 19.1 Å². The summed E-state index contributed by atoms with van der Waals surface area (Å²) in [6, 6.07) is 0. The van der Waals surface area contributed by atoms with Crippen molar-refractivity contribution in [2.75, 3.05) is 0 Å². The molecule has 0 bridgehead atoms. The maximum atomic E-state index is 13.3. The molecule has 0 aromatic heterocycles. The molecule has 30 heavy (non-hydrogen) atoms. The van der Waals surface area contributed by atoms with Gasteiger partial charge in [-0.1, -0.05) is 40.0 Å². The van der Waals surface area contributed by atoms with Crippen LogP contribution >= 0.6 is 0 Å². The van der Waals surface area contributed by atoms with Gasteiger partial charge in [0.1, 0.15) is 11.2 Å². The summed E-state index contributed by atoms with van der Waals surface area (Å²) in [6.07, 6.45) is 11.0. The fourth-order valence-electron chi connectivity index (χ4n) is 5.92. The van der Waals surface area contributed by atoms with Gasteiger partial charge in [-0.05, 0) is 90.4 Å². The normalized spacial score (nSPS) is 24.0. The van der Waals surface area contributed by atoms with Crippen LogP contribution in [0.15, 0.2) is 0 Å². The van der Waals surface area contributed by atoms with Crippen molar-refractivity contribution in [3.05, 3.63) is 0 Å². The summed E-state index contributed by atoms with van der Waals surface area (Å²) < 4.78 is 12.2. The van der Waals surface area contributed by atoms with Gasteiger partial charge in [0, 0.05) is 6.42 Å². The zero-order valence-corrected chi connectivity index (χ0v) is 20.6. The first-order valence-electron chi connectivity index (χ1n) is 12.5. The molecule has 2 atom stereocenters. The minimum Gasteiger partial charge on any atom is -0.459 e. The van der Waals surface area contributed by atoms with Crippen molar-refractivity contribution in [2.45, 2.75) is 130 Å². The van der Waals surface area contributed by atoms with Crippen molar-refractivity contribution in [3.8, 4) is 0 Å². The molecule has 4 nitrogen and oxygen atoms in total. The van der Waals surface area contributed by atoms with Crippen LogP contribution in [0.25, 0.3) is 0 Å². The highest BCUT2D eigenvalue weighted by molar-refractivity contribution is 5.76. The Bertz CT molecular complexity index is 582. The number of hydrogen-bond donors (Lipinski definition) is 0. The number of ether oxygens (including phenoxy) is 2. The lowest BCUT2D eigenvalue weighted by molar-refractivity contribution is -0.181. The SMILES string of the molecule is CCC(=O)OC(CC)(CC)C1CCCC(C(C)(C)C(=O)OC(C)(C)C2CCCC2)C1. The molecule has 0 spiro atoms. The molecule has 4 heteroatoms. The van der Waals surface area contributed by atoms with Crippen LogP contribution in [-0.2, 0) is 19.1 Å². The third-order valence-electron chi connectivity index (χ3n) is 8.46. The van der Waals surface area contributed by atoms with E-state index in [1.54, 1.807) is 0 Å². The van der Waals surface area contributed by atoms with Crippen molar-refractivity contribution in [1.82, 2.24) is 0 Å². The molecule has 2 aliphatic rings. The minimum atomic E-state index is -0.531. The van der Waals surface area contributed by atoms with Gasteiger partial charge in [-0.25, -0.2) is 0 Å². The van der Waals surface area contributed by atoms with Crippen LogP contribution in [-0.4, -0.2) is 23.1 Å². The molecule has 0 radical (unpaired) electrons. The van der Waals surface area contributed by atoms with Crippen LogP contribution in [0.1, 0.15) is 119 Å². The van der Waals surface area contributed by atoms with Crippen LogP contribution in [0.2, 0.25) is 0 Å². The Hall–Kier alpha value is -1.06. The number of carbonyl (C=O) groups excluding carboxylic acids is 2. The Labute approximate surface area is 184 Å². The molecule has 2 aliphatic carbocycles. The van der Waals surface area contributed by atoms with Crippen LogP contribution in [0, 0.1) is 23.2 Å². The molecule has 0 amide bonds. The standard InChI is InChI=1S/C26H46O4/c1-8-22(27)29-26(9-2,10-3)21-17-13-16-20(18-21)24(4,5)23(28)30-25(6,7)19-14-11-12-15-19/h19-21H,8-18H2,1-7H3. The Balaban J connectivity index is 2.13. The van der Waals surface area contributed by atoms with Gasteiger partial charge in [-0.3, -0.25) is 9.59 Å². The van der Waals surface area contributed by atoms with E-state index < -0.39 is 16.6 Å². The summed E-state index contributed by atoms with van der Waals surface area (Å²) in [4.78, 5) is 25.5. The average molecular weight is 423 g/mol. The van der Waals surface area contributed by atoms with Crippen LogP contribution in [0.5, 0.6) is 0 Å². The molecule has 2 fully saturated rings. The molecule has 0 saturated heterocycles. The molecular weight excluding hydrogens is 376 g/mol. The van der Waals surface area contributed by atoms with E-state index in [1.807, 2.05) is 6.92 Å². The van der Waals surface area contributed by atoms with Gasteiger partial charge in [0.2, 0.25) is 0 Å². The van der Waals surface area contributed by atoms with Crippen molar-refractivity contribution in [3.63, 3.8) is 0 Å². The predicted octanol–water partition coefficient (Wildman–Crippen LogP) is 6.84. The summed E-state index contributed by atoms with van der Waals surface area (Å²) in [6.45, 7) is 14.4.